The molecule has 0 aliphatic rings. The highest BCUT2D eigenvalue weighted by Crippen LogP contribution is 2.14. The molecule has 0 fully saturated rings. The van der Waals surface area contributed by atoms with E-state index in [-0.39, 0.29) is 18.5 Å². The topological polar surface area (TPSA) is 95.9 Å². The molecule has 57 heavy (non-hydrogen) atoms. The number of nitrogens with one attached hydrogen (secondary N) is 1. The molecule has 334 valence electrons. The molecule has 0 bridgehead atoms. The van der Waals surface area contributed by atoms with Gasteiger partial charge in [0.2, 0.25) is 5.91 Å². The zero-order valence-electron chi connectivity index (χ0n) is 37.8. The highest BCUT2D eigenvalue weighted by molar-refractivity contribution is 5.76. The molecule has 3 N–H and O–H groups in total. The Morgan fingerprint density at radius 2 is 0.825 bits per heavy atom. The van der Waals surface area contributed by atoms with Gasteiger partial charge in [-0.1, -0.05) is 192 Å². The van der Waals surface area contributed by atoms with Gasteiger partial charge in [0.05, 0.1) is 25.4 Å². The largest absolute Gasteiger partial charge is 0.466 e. The smallest absolute Gasteiger partial charge is 0.305 e. The zero-order chi connectivity index (χ0) is 41.5. The van der Waals surface area contributed by atoms with Crippen LogP contribution in [-0.2, 0) is 14.3 Å². The first-order valence-corrected chi connectivity index (χ1v) is 24.8. The summed E-state index contributed by atoms with van der Waals surface area (Å²) < 4.78 is 5.45. The predicted octanol–water partition coefficient (Wildman–Crippen LogP) is 14.5. The number of hydrogen-bond donors (Lipinski definition) is 3. The quantitative estimate of drug-likeness (QED) is 0.0324. The summed E-state index contributed by atoms with van der Waals surface area (Å²) in [5, 5.41) is 22.9. The Kier molecular flexibility index (Phi) is 45.2. The maximum atomic E-state index is 12.3. The van der Waals surface area contributed by atoms with Crippen LogP contribution in [0.1, 0.15) is 251 Å². The van der Waals surface area contributed by atoms with E-state index < -0.39 is 12.1 Å². The van der Waals surface area contributed by atoms with Gasteiger partial charge in [0, 0.05) is 12.8 Å². The Balaban J connectivity index is 3.48. The number of amides is 1. The standard InChI is InChI=1S/C51H95NO5/c1-3-5-7-9-11-13-14-15-16-19-22-25-29-33-37-41-45-51(56)57-46-42-38-34-30-26-23-20-17-18-21-24-28-32-36-40-44-50(55)52-48(47-53)49(54)43-39-35-31-27-12-10-8-6-4-2/h16,19-20,23,39,43,48-49,53-54H,3-15,17-18,21-22,24-38,40-42,44-47H2,1-2H3,(H,52,55)/b19-16-,23-20-,43-39+. The summed E-state index contributed by atoms with van der Waals surface area (Å²) in [6, 6.07) is -0.637. The molecule has 0 aromatic carbocycles. The molecule has 2 unspecified atom stereocenters. The summed E-state index contributed by atoms with van der Waals surface area (Å²) in [4.78, 5) is 24.4. The van der Waals surface area contributed by atoms with Gasteiger partial charge in [-0.05, 0) is 83.5 Å². The monoisotopic (exact) mass is 802 g/mol. The van der Waals surface area contributed by atoms with Crippen LogP contribution in [-0.4, -0.2) is 47.4 Å². The van der Waals surface area contributed by atoms with Crippen molar-refractivity contribution >= 4 is 11.9 Å². The van der Waals surface area contributed by atoms with Crippen molar-refractivity contribution in [2.24, 2.45) is 0 Å². The van der Waals surface area contributed by atoms with Gasteiger partial charge < -0.3 is 20.3 Å². The lowest BCUT2D eigenvalue weighted by Crippen LogP contribution is -2.45. The van der Waals surface area contributed by atoms with Crippen LogP contribution in [0, 0.1) is 0 Å². The van der Waals surface area contributed by atoms with Gasteiger partial charge in [-0.15, -0.1) is 0 Å². The lowest BCUT2D eigenvalue weighted by molar-refractivity contribution is -0.143. The molecule has 0 saturated heterocycles. The van der Waals surface area contributed by atoms with Gasteiger partial charge in [-0.25, -0.2) is 0 Å². The fourth-order valence-electron chi connectivity index (χ4n) is 7.27. The average Bonchev–Trinajstić information content (AvgIpc) is 3.21. The number of allylic oxidation sites excluding steroid dienone is 5. The van der Waals surface area contributed by atoms with Crippen molar-refractivity contribution in [2.45, 2.75) is 264 Å². The highest BCUT2D eigenvalue weighted by Gasteiger charge is 2.18. The van der Waals surface area contributed by atoms with Crippen molar-refractivity contribution in [1.29, 1.82) is 0 Å². The second kappa shape index (κ2) is 46.8. The van der Waals surface area contributed by atoms with Crippen LogP contribution in [0.3, 0.4) is 0 Å². The maximum Gasteiger partial charge on any atom is 0.305 e. The Morgan fingerprint density at radius 3 is 1.25 bits per heavy atom. The number of ether oxygens (including phenoxy) is 1. The minimum Gasteiger partial charge on any atom is -0.466 e. The fraction of sp³-hybridized carbons (Fsp3) is 0.843. The van der Waals surface area contributed by atoms with Crippen molar-refractivity contribution in [1.82, 2.24) is 5.32 Å². The molecule has 0 spiro atoms. The van der Waals surface area contributed by atoms with Crippen molar-refractivity contribution in [3.05, 3.63) is 36.5 Å². The van der Waals surface area contributed by atoms with E-state index in [1.165, 1.54) is 154 Å². The number of rotatable bonds is 45. The third-order valence-corrected chi connectivity index (χ3v) is 11.1. The van der Waals surface area contributed by atoms with Crippen LogP contribution < -0.4 is 5.32 Å². The molecule has 0 aliphatic carbocycles. The Labute approximate surface area is 353 Å². The molecule has 6 nitrogen and oxygen atoms in total. The zero-order valence-corrected chi connectivity index (χ0v) is 37.8. The number of aliphatic hydroxyl groups excluding tert-OH is 2. The first kappa shape index (κ1) is 55.1. The minimum absolute atomic E-state index is 0.0197. The Hall–Kier alpha value is -1.92. The van der Waals surface area contributed by atoms with Gasteiger partial charge in [-0.2, -0.15) is 0 Å². The van der Waals surface area contributed by atoms with Crippen LogP contribution in [0.2, 0.25) is 0 Å². The first-order valence-electron chi connectivity index (χ1n) is 24.8. The molecule has 0 aromatic rings. The van der Waals surface area contributed by atoms with Crippen molar-refractivity contribution in [3.63, 3.8) is 0 Å². The van der Waals surface area contributed by atoms with E-state index in [0.717, 1.165) is 70.6 Å². The number of aliphatic hydroxyl groups is 2. The van der Waals surface area contributed by atoms with E-state index in [0.29, 0.717) is 19.4 Å². The summed E-state index contributed by atoms with van der Waals surface area (Å²) in [6.07, 6.45) is 55.7. The van der Waals surface area contributed by atoms with Crippen molar-refractivity contribution < 1.29 is 24.5 Å². The number of carbonyl (C=O) groups is 2. The van der Waals surface area contributed by atoms with Crippen LogP contribution in [0.25, 0.3) is 0 Å². The second-order valence-electron chi connectivity index (χ2n) is 16.8. The van der Waals surface area contributed by atoms with E-state index in [4.69, 9.17) is 4.74 Å². The molecule has 2 atom stereocenters. The third-order valence-electron chi connectivity index (χ3n) is 11.1. The molecule has 1 amide bonds. The van der Waals surface area contributed by atoms with Crippen LogP contribution in [0.4, 0.5) is 0 Å². The average molecular weight is 802 g/mol. The fourth-order valence-corrected chi connectivity index (χ4v) is 7.27. The number of esters is 1. The van der Waals surface area contributed by atoms with E-state index in [9.17, 15) is 19.8 Å². The van der Waals surface area contributed by atoms with E-state index in [1.54, 1.807) is 6.08 Å². The lowest BCUT2D eigenvalue weighted by Gasteiger charge is -2.20. The summed E-state index contributed by atoms with van der Waals surface area (Å²) in [5.41, 5.74) is 0. The van der Waals surface area contributed by atoms with Crippen LogP contribution in [0.15, 0.2) is 36.5 Å². The SMILES string of the molecule is CCCCCCCCC/C=C\CCCCCCCC(=O)OCCCCCC/C=C\CCCCCCCCCC(=O)NC(CO)C(O)/C=C/CCCCCCCCC. The number of unbranched alkanes of at least 4 members (excludes halogenated alkanes) is 30. The normalized spacial score (nSPS) is 13.0. The lowest BCUT2D eigenvalue weighted by atomic mass is 10.1. The molecule has 0 radical (unpaired) electrons. The Bertz CT molecular complexity index is 931. The molecule has 0 aromatic heterocycles. The number of hydrogen-bond acceptors (Lipinski definition) is 5. The minimum atomic E-state index is -0.852. The maximum absolute atomic E-state index is 12.3. The van der Waals surface area contributed by atoms with Crippen LogP contribution >= 0.6 is 0 Å². The second-order valence-corrected chi connectivity index (χ2v) is 16.8. The molecular formula is C51H95NO5. The molecule has 0 heterocycles. The summed E-state index contributed by atoms with van der Waals surface area (Å²) >= 11 is 0. The first-order chi connectivity index (χ1) is 28.0. The van der Waals surface area contributed by atoms with Crippen molar-refractivity contribution in [2.75, 3.05) is 13.2 Å². The third kappa shape index (κ3) is 43.5. The summed E-state index contributed by atoms with van der Waals surface area (Å²) in [5.74, 6) is -0.107. The van der Waals surface area contributed by atoms with E-state index in [2.05, 4.69) is 43.5 Å². The highest BCUT2D eigenvalue weighted by atomic mass is 16.5. The van der Waals surface area contributed by atoms with Gasteiger partial charge in [0.1, 0.15) is 0 Å². The predicted molar refractivity (Wildman–Crippen MR) is 246 cm³/mol. The van der Waals surface area contributed by atoms with Crippen LogP contribution in [0.5, 0.6) is 0 Å². The Morgan fingerprint density at radius 1 is 0.474 bits per heavy atom. The molecule has 0 saturated carbocycles. The van der Waals surface area contributed by atoms with Gasteiger partial charge in [-0.3, -0.25) is 9.59 Å². The molecular weight excluding hydrogens is 707 g/mol. The number of carbonyl (C=O) groups excluding carboxylic acids is 2. The van der Waals surface area contributed by atoms with Crippen molar-refractivity contribution in [3.8, 4) is 0 Å². The molecule has 0 rings (SSSR count). The molecule has 6 heteroatoms. The summed E-state index contributed by atoms with van der Waals surface area (Å²) in [7, 11) is 0. The van der Waals surface area contributed by atoms with E-state index in [1.807, 2.05) is 6.08 Å². The van der Waals surface area contributed by atoms with Gasteiger partial charge in [0.15, 0.2) is 0 Å². The van der Waals surface area contributed by atoms with E-state index >= 15 is 0 Å². The van der Waals surface area contributed by atoms with Gasteiger partial charge in [0.25, 0.3) is 0 Å². The summed E-state index contributed by atoms with van der Waals surface area (Å²) in [6.45, 7) is 4.82. The molecule has 0 aliphatic heterocycles. The van der Waals surface area contributed by atoms with Gasteiger partial charge >= 0.3 is 5.97 Å².